The maximum absolute atomic E-state index is 8.18. The van der Waals surface area contributed by atoms with Gasteiger partial charge in [-0.25, -0.2) is 9.69 Å². The van der Waals surface area contributed by atoms with Crippen LogP contribution in [0.4, 0.5) is 11.4 Å². The molecular weight excluding hydrogens is 585 g/mol. The van der Waals surface area contributed by atoms with Gasteiger partial charge in [0.1, 0.15) is 0 Å². The Morgan fingerprint density at radius 2 is 0.958 bits per heavy atom. The molecule has 2 heterocycles. The fourth-order valence-corrected chi connectivity index (χ4v) is 7.25. The summed E-state index contributed by atoms with van der Waals surface area (Å²) in [6, 6.07) is 54.5. The lowest BCUT2D eigenvalue weighted by Gasteiger charge is -2.17. The number of rotatable bonds is 4. The molecule has 9 rings (SSSR count). The molecule has 0 radical (unpaired) electrons. The second-order valence-electron chi connectivity index (χ2n) is 12.0. The third kappa shape index (κ3) is 4.14. The minimum absolute atomic E-state index is 0.572. The molecule has 0 spiro atoms. The van der Waals surface area contributed by atoms with Gasteiger partial charge in [0.2, 0.25) is 5.69 Å². The van der Waals surface area contributed by atoms with E-state index in [0.29, 0.717) is 11.4 Å². The molecule has 0 bridgehead atoms. The molecule has 9 aromatic rings. The van der Waals surface area contributed by atoms with Crippen molar-refractivity contribution in [1.82, 2.24) is 9.13 Å². The van der Waals surface area contributed by atoms with Gasteiger partial charge < -0.3 is 9.13 Å². The standard InChI is InChI=1S/C44H26N4/c1-45-32-24-25-43-38(28-32)37-18-5-8-23-42(37)48(43)44-34(19-11-20-39(44)46-2)31-14-9-12-29(26-31)30-13-10-15-33(27-30)47-40-21-6-3-16-35(40)36-17-4-7-22-41(36)47/h3-28H. The highest BCUT2D eigenvalue weighted by molar-refractivity contribution is 6.12. The van der Waals surface area contributed by atoms with Crippen molar-refractivity contribution >= 4 is 55.0 Å². The normalized spacial score (nSPS) is 11.3. The summed E-state index contributed by atoms with van der Waals surface area (Å²) >= 11 is 0. The average molecular weight is 611 g/mol. The summed E-state index contributed by atoms with van der Waals surface area (Å²) in [5.41, 5.74) is 11.7. The van der Waals surface area contributed by atoms with Crippen LogP contribution in [-0.4, -0.2) is 9.13 Å². The smallest absolute Gasteiger partial charge is 0.211 e. The summed E-state index contributed by atoms with van der Waals surface area (Å²) in [5, 5.41) is 4.53. The Bertz CT molecular complexity index is 2760. The first-order valence-electron chi connectivity index (χ1n) is 15.8. The van der Waals surface area contributed by atoms with Crippen molar-refractivity contribution in [2.24, 2.45) is 0 Å². The average Bonchev–Trinajstić information content (AvgIpc) is 3.67. The molecule has 0 fully saturated rings. The van der Waals surface area contributed by atoms with Crippen molar-refractivity contribution in [3.05, 3.63) is 181 Å². The molecule has 4 nitrogen and oxygen atoms in total. The molecule has 0 aliphatic carbocycles. The van der Waals surface area contributed by atoms with E-state index in [2.05, 4.69) is 134 Å². The molecule has 0 N–H and O–H groups in total. The molecule has 0 atom stereocenters. The van der Waals surface area contributed by atoms with E-state index in [1.54, 1.807) is 0 Å². The predicted molar refractivity (Wildman–Crippen MR) is 199 cm³/mol. The minimum Gasteiger partial charge on any atom is -0.318 e. The zero-order valence-electron chi connectivity index (χ0n) is 25.8. The van der Waals surface area contributed by atoms with Crippen LogP contribution in [0.25, 0.3) is 86.9 Å². The lowest BCUT2D eigenvalue weighted by atomic mass is 9.97. The van der Waals surface area contributed by atoms with Gasteiger partial charge in [-0.3, -0.25) is 0 Å². The minimum atomic E-state index is 0.572. The van der Waals surface area contributed by atoms with Crippen LogP contribution in [0.2, 0.25) is 0 Å². The van der Waals surface area contributed by atoms with E-state index in [0.717, 1.165) is 55.4 Å². The first-order valence-corrected chi connectivity index (χ1v) is 15.8. The maximum atomic E-state index is 8.18. The van der Waals surface area contributed by atoms with Crippen LogP contribution < -0.4 is 0 Å². The zero-order valence-corrected chi connectivity index (χ0v) is 25.8. The second kappa shape index (κ2) is 10.9. The van der Waals surface area contributed by atoms with Crippen LogP contribution in [0.5, 0.6) is 0 Å². The van der Waals surface area contributed by atoms with Crippen LogP contribution in [0.1, 0.15) is 0 Å². The summed E-state index contributed by atoms with van der Waals surface area (Å²) < 4.78 is 4.54. The number of benzene rings is 7. The summed E-state index contributed by atoms with van der Waals surface area (Å²) in [4.78, 5) is 7.70. The van der Waals surface area contributed by atoms with Crippen molar-refractivity contribution in [3.63, 3.8) is 0 Å². The van der Waals surface area contributed by atoms with Crippen molar-refractivity contribution < 1.29 is 0 Å². The van der Waals surface area contributed by atoms with Gasteiger partial charge in [0.15, 0.2) is 5.69 Å². The van der Waals surface area contributed by atoms with Crippen LogP contribution in [0, 0.1) is 13.1 Å². The Balaban J connectivity index is 1.23. The number of para-hydroxylation sites is 4. The number of aromatic nitrogens is 2. The molecule has 2 aromatic heterocycles. The maximum Gasteiger partial charge on any atom is 0.211 e. The van der Waals surface area contributed by atoms with E-state index in [1.165, 1.54) is 21.8 Å². The highest BCUT2D eigenvalue weighted by Gasteiger charge is 2.19. The fourth-order valence-electron chi connectivity index (χ4n) is 7.25. The highest BCUT2D eigenvalue weighted by atomic mass is 15.0. The molecule has 222 valence electrons. The van der Waals surface area contributed by atoms with Crippen molar-refractivity contribution in [1.29, 1.82) is 0 Å². The lowest BCUT2D eigenvalue weighted by molar-refractivity contribution is 1.18. The Morgan fingerprint density at radius 1 is 0.396 bits per heavy atom. The third-order valence-corrected chi connectivity index (χ3v) is 9.34. The van der Waals surface area contributed by atoms with E-state index in [1.807, 2.05) is 42.5 Å². The molecule has 0 aliphatic rings. The van der Waals surface area contributed by atoms with Gasteiger partial charge >= 0.3 is 0 Å². The van der Waals surface area contributed by atoms with Gasteiger partial charge in [-0.2, -0.15) is 0 Å². The summed E-state index contributed by atoms with van der Waals surface area (Å²) in [7, 11) is 0. The van der Waals surface area contributed by atoms with Crippen molar-refractivity contribution in [2.75, 3.05) is 0 Å². The van der Waals surface area contributed by atoms with Crippen LogP contribution in [0.15, 0.2) is 158 Å². The summed E-state index contributed by atoms with van der Waals surface area (Å²) in [6.45, 7) is 15.8. The van der Waals surface area contributed by atoms with E-state index in [4.69, 9.17) is 13.1 Å². The third-order valence-electron chi connectivity index (χ3n) is 9.34. The summed E-state index contributed by atoms with van der Waals surface area (Å²) in [6.07, 6.45) is 0. The first kappa shape index (κ1) is 27.4. The van der Waals surface area contributed by atoms with Gasteiger partial charge in [0.05, 0.1) is 40.9 Å². The van der Waals surface area contributed by atoms with Crippen LogP contribution >= 0.6 is 0 Å². The van der Waals surface area contributed by atoms with Gasteiger partial charge in [-0.05, 0) is 76.2 Å². The van der Waals surface area contributed by atoms with Crippen LogP contribution in [-0.2, 0) is 0 Å². The quantitative estimate of drug-likeness (QED) is 0.177. The van der Waals surface area contributed by atoms with Crippen LogP contribution in [0.3, 0.4) is 0 Å². The molecule has 0 aliphatic heterocycles. The molecule has 48 heavy (non-hydrogen) atoms. The molecular formula is C44H26N4. The Kier molecular flexibility index (Phi) is 6.22. The monoisotopic (exact) mass is 610 g/mol. The van der Waals surface area contributed by atoms with Crippen molar-refractivity contribution in [2.45, 2.75) is 0 Å². The number of hydrogen-bond donors (Lipinski definition) is 0. The first-order chi connectivity index (χ1) is 23.7. The predicted octanol–water partition coefficient (Wildman–Crippen LogP) is 12.3. The SMILES string of the molecule is [C-]#[N+]c1ccc2c(c1)c1ccccc1n2-c1c([N+]#[C-])cccc1-c1cccc(-c2cccc(-n3c4ccccc4c4ccccc43)c2)c1. The van der Waals surface area contributed by atoms with E-state index >= 15 is 0 Å². The van der Waals surface area contributed by atoms with Gasteiger partial charge in [-0.1, -0.05) is 109 Å². The lowest BCUT2D eigenvalue weighted by Crippen LogP contribution is -1.98. The highest BCUT2D eigenvalue weighted by Crippen LogP contribution is 2.42. The largest absolute Gasteiger partial charge is 0.318 e. The van der Waals surface area contributed by atoms with Crippen molar-refractivity contribution in [3.8, 4) is 33.6 Å². The van der Waals surface area contributed by atoms with E-state index < -0.39 is 0 Å². The zero-order chi connectivity index (χ0) is 32.2. The second-order valence-corrected chi connectivity index (χ2v) is 12.0. The molecule has 4 heteroatoms. The molecule has 0 unspecified atom stereocenters. The van der Waals surface area contributed by atoms with Gasteiger partial charge in [0, 0.05) is 21.8 Å². The Labute approximate surface area is 277 Å². The fraction of sp³-hybridized carbons (Fsp3) is 0. The number of nitrogens with zero attached hydrogens (tertiary/aromatic N) is 4. The molecule has 0 saturated carbocycles. The van der Waals surface area contributed by atoms with E-state index in [9.17, 15) is 0 Å². The number of fused-ring (bicyclic) bond motifs is 6. The molecule has 7 aromatic carbocycles. The Hall–Kier alpha value is -6.88. The van der Waals surface area contributed by atoms with E-state index in [-0.39, 0.29) is 0 Å². The van der Waals surface area contributed by atoms with Gasteiger partial charge in [0.25, 0.3) is 0 Å². The molecule has 0 amide bonds. The molecule has 0 saturated heterocycles. The summed E-state index contributed by atoms with van der Waals surface area (Å²) in [5.74, 6) is 0. The number of hydrogen-bond acceptors (Lipinski definition) is 0. The van der Waals surface area contributed by atoms with Gasteiger partial charge in [-0.15, -0.1) is 0 Å². The topological polar surface area (TPSA) is 18.6 Å². The Morgan fingerprint density at radius 3 is 1.65 bits per heavy atom.